The first kappa shape index (κ1) is 31.2. The summed E-state index contributed by atoms with van der Waals surface area (Å²) in [6.07, 6.45) is 6.83. The van der Waals surface area contributed by atoms with Gasteiger partial charge in [0.1, 0.15) is 12.4 Å². The lowest BCUT2D eigenvalue weighted by atomic mass is 9.90. The third kappa shape index (κ3) is 9.08. The molecule has 0 radical (unpaired) electrons. The second kappa shape index (κ2) is 16.0. The van der Waals surface area contributed by atoms with E-state index in [2.05, 4.69) is 10.6 Å². The number of ether oxygens (including phenoxy) is 2. The average Bonchev–Trinajstić information content (AvgIpc) is 3.00. The number of benzene rings is 3. The van der Waals surface area contributed by atoms with Crippen LogP contribution in [-0.4, -0.2) is 43.5 Å². The summed E-state index contributed by atoms with van der Waals surface area (Å²) in [5.74, 6) is 1.40. The van der Waals surface area contributed by atoms with Crippen molar-refractivity contribution in [2.45, 2.75) is 45.6 Å². The van der Waals surface area contributed by atoms with E-state index in [0.717, 1.165) is 24.5 Å². The fraction of sp³-hybridized carbons (Fsp3) is 0.344. The Morgan fingerprint density at radius 1 is 1.05 bits per heavy atom. The number of carbonyl (C=O) groups is 2. The molecule has 1 saturated carbocycles. The van der Waals surface area contributed by atoms with Crippen molar-refractivity contribution in [1.82, 2.24) is 0 Å². The van der Waals surface area contributed by atoms with E-state index in [4.69, 9.17) is 25.7 Å². The number of aliphatic hydroxyl groups excluding tert-OH is 1. The predicted octanol–water partition coefficient (Wildman–Crippen LogP) is 5.29. The number of nitrogens with one attached hydrogen (secondary N) is 3. The SMILES string of the molecule is CO.Cc1ccc(NCc2cccc(OCC3CCCCC3)c2OCC=O)c(C(=O)Nc2ccc(C(=N)N)cc2)c1. The van der Waals surface area contributed by atoms with Gasteiger partial charge in [-0.05, 0) is 68.1 Å². The number of aldehydes is 1. The highest BCUT2D eigenvalue weighted by Crippen LogP contribution is 2.34. The highest BCUT2D eigenvalue weighted by Gasteiger charge is 2.18. The molecule has 9 heteroatoms. The Balaban J connectivity index is 0.00000226. The van der Waals surface area contributed by atoms with Crippen LogP contribution in [0.25, 0.3) is 0 Å². The Kier molecular flexibility index (Phi) is 12.2. The molecule has 1 aliphatic carbocycles. The molecule has 3 aromatic carbocycles. The van der Waals surface area contributed by atoms with E-state index in [1.165, 1.54) is 32.1 Å². The third-order valence-corrected chi connectivity index (χ3v) is 6.90. The first-order valence-electron chi connectivity index (χ1n) is 13.8. The minimum atomic E-state index is -0.265. The summed E-state index contributed by atoms with van der Waals surface area (Å²) in [5.41, 5.74) is 9.64. The molecule has 1 aliphatic rings. The Bertz CT molecular complexity index is 1300. The zero-order valence-electron chi connectivity index (χ0n) is 23.7. The zero-order valence-corrected chi connectivity index (χ0v) is 23.7. The Morgan fingerprint density at radius 3 is 2.46 bits per heavy atom. The van der Waals surface area contributed by atoms with Crippen LogP contribution in [0.2, 0.25) is 0 Å². The number of nitrogens with two attached hydrogens (primary N) is 1. The van der Waals surface area contributed by atoms with E-state index in [0.29, 0.717) is 53.1 Å². The standard InChI is InChI=1S/C31H36N4O4.CH4O/c1-21-10-15-27(26(18-21)31(37)35-25-13-11-23(12-14-25)30(32)33)34-19-24-8-5-9-28(29(24)38-17-16-36)39-20-22-6-3-2-4-7-22;1-2/h5,8-16,18,22,34H,2-4,6-7,17,19-20H2,1H3,(H3,32,33)(H,35,37);2H,1H3. The van der Waals surface area contributed by atoms with Gasteiger partial charge in [-0.2, -0.15) is 0 Å². The number of hydrogen-bond acceptors (Lipinski definition) is 7. The van der Waals surface area contributed by atoms with E-state index < -0.39 is 0 Å². The van der Waals surface area contributed by atoms with Crippen molar-refractivity contribution in [2.24, 2.45) is 11.7 Å². The van der Waals surface area contributed by atoms with Crippen LogP contribution < -0.4 is 25.8 Å². The summed E-state index contributed by atoms with van der Waals surface area (Å²) in [7, 11) is 1.00. The van der Waals surface area contributed by atoms with E-state index in [-0.39, 0.29) is 18.3 Å². The minimum Gasteiger partial charge on any atom is -0.489 e. The topological polar surface area (TPSA) is 147 Å². The molecule has 3 aromatic rings. The molecule has 9 nitrogen and oxygen atoms in total. The van der Waals surface area contributed by atoms with E-state index in [9.17, 15) is 9.59 Å². The molecule has 1 amide bonds. The molecule has 218 valence electrons. The Labute approximate surface area is 241 Å². The third-order valence-electron chi connectivity index (χ3n) is 6.90. The molecule has 0 bridgehead atoms. The van der Waals surface area contributed by atoms with Crippen LogP contribution in [0.3, 0.4) is 0 Å². The number of rotatable bonds is 12. The van der Waals surface area contributed by atoms with Gasteiger partial charge >= 0.3 is 0 Å². The lowest BCUT2D eigenvalue weighted by molar-refractivity contribution is -0.109. The molecule has 0 atom stereocenters. The summed E-state index contributed by atoms with van der Waals surface area (Å²) in [5, 5.41) is 20.8. The first-order chi connectivity index (χ1) is 19.9. The largest absolute Gasteiger partial charge is 0.489 e. The van der Waals surface area contributed by atoms with E-state index in [1.807, 2.05) is 43.3 Å². The molecule has 0 saturated heterocycles. The Morgan fingerprint density at radius 2 is 1.78 bits per heavy atom. The van der Waals surface area contributed by atoms with Crippen LogP contribution in [0.15, 0.2) is 60.7 Å². The molecule has 6 N–H and O–H groups in total. The number of nitrogen functional groups attached to an aromatic ring is 1. The van der Waals surface area contributed by atoms with Crippen molar-refractivity contribution in [1.29, 1.82) is 5.41 Å². The number of amidine groups is 1. The van der Waals surface area contributed by atoms with E-state index >= 15 is 0 Å². The normalized spacial score (nSPS) is 12.9. The van der Waals surface area contributed by atoms with Gasteiger partial charge in [-0.3, -0.25) is 15.0 Å². The van der Waals surface area contributed by atoms with Crippen LogP contribution in [-0.2, 0) is 11.3 Å². The number of anilines is 2. The smallest absolute Gasteiger partial charge is 0.257 e. The summed E-state index contributed by atoms with van der Waals surface area (Å²) in [6.45, 7) is 2.85. The van der Waals surface area contributed by atoms with Gasteiger partial charge in [-0.15, -0.1) is 0 Å². The lowest BCUT2D eigenvalue weighted by Crippen LogP contribution is -2.17. The zero-order chi connectivity index (χ0) is 29.6. The molecule has 4 rings (SSSR count). The summed E-state index contributed by atoms with van der Waals surface area (Å²) in [6, 6.07) is 18.2. The highest BCUT2D eigenvalue weighted by atomic mass is 16.5. The molecule has 0 heterocycles. The number of carbonyl (C=O) groups excluding carboxylic acids is 2. The molecular formula is C32H40N4O5. The molecular weight excluding hydrogens is 520 g/mol. The van der Waals surface area contributed by atoms with Crippen LogP contribution in [0.1, 0.15) is 59.2 Å². The second-order valence-corrected chi connectivity index (χ2v) is 9.88. The lowest BCUT2D eigenvalue weighted by Gasteiger charge is -2.23. The summed E-state index contributed by atoms with van der Waals surface area (Å²) < 4.78 is 12.0. The van der Waals surface area contributed by atoms with Crippen molar-refractivity contribution in [3.63, 3.8) is 0 Å². The van der Waals surface area contributed by atoms with Gasteiger partial charge in [0.25, 0.3) is 5.91 Å². The fourth-order valence-electron chi connectivity index (χ4n) is 4.78. The minimum absolute atomic E-state index is 0.0296. The van der Waals surface area contributed by atoms with E-state index in [1.54, 1.807) is 24.3 Å². The van der Waals surface area contributed by atoms with Crippen LogP contribution in [0.4, 0.5) is 11.4 Å². The summed E-state index contributed by atoms with van der Waals surface area (Å²) in [4.78, 5) is 24.3. The van der Waals surface area contributed by atoms with Crippen molar-refractivity contribution in [3.05, 3.63) is 82.9 Å². The molecule has 0 aromatic heterocycles. The van der Waals surface area contributed by atoms with Crippen molar-refractivity contribution < 1.29 is 24.2 Å². The van der Waals surface area contributed by atoms with Gasteiger partial charge in [0, 0.05) is 36.2 Å². The highest BCUT2D eigenvalue weighted by molar-refractivity contribution is 6.08. The van der Waals surface area contributed by atoms with Gasteiger partial charge in [0.05, 0.1) is 12.2 Å². The van der Waals surface area contributed by atoms with Gasteiger partial charge in [0.15, 0.2) is 17.8 Å². The van der Waals surface area contributed by atoms with Gasteiger partial charge in [0.2, 0.25) is 0 Å². The maximum absolute atomic E-state index is 13.2. The van der Waals surface area contributed by atoms with Crippen LogP contribution >= 0.6 is 0 Å². The molecule has 0 unspecified atom stereocenters. The number of para-hydroxylation sites is 1. The monoisotopic (exact) mass is 560 g/mol. The Hall–Kier alpha value is -4.37. The maximum Gasteiger partial charge on any atom is 0.257 e. The maximum atomic E-state index is 13.2. The predicted molar refractivity (Wildman–Crippen MR) is 162 cm³/mol. The fourth-order valence-corrected chi connectivity index (χ4v) is 4.78. The van der Waals surface area contributed by atoms with Gasteiger partial charge in [-0.25, -0.2) is 0 Å². The molecule has 1 fully saturated rings. The van der Waals surface area contributed by atoms with Crippen molar-refractivity contribution in [2.75, 3.05) is 31.0 Å². The first-order valence-corrected chi connectivity index (χ1v) is 13.8. The molecule has 41 heavy (non-hydrogen) atoms. The second-order valence-electron chi connectivity index (χ2n) is 9.88. The number of amides is 1. The van der Waals surface area contributed by atoms with Gasteiger partial charge in [-0.1, -0.05) is 43.0 Å². The quantitative estimate of drug-likeness (QED) is 0.115. The average molecular weight is 561 g/mol. The van der Waals surface area contributed by atoms with Crippen LogP contribution in [0.5, 0.6) is 11.5 Å². The number of hydrogen-bond donors (Lipinski definition) is 5. The van der Waals surface area contributed by atoms with Gasteiger partial charge < -0.3 is 30.9 Å². The van der Waals surface area contributed by atoms with Crippen molar-refractivity contribution >= 4 is 29.4 Å². The summed E-state index contributed by atoms with van der Waals surface area (Å²) >= 11 is 0. The van der Waals surface area contributed by atoms with Crippen LogP contribution in [0, 0.1) is 18.3 Å². The molecule has 0 spiro atoms. The molecule has 0 aliphatic heterocycles. The number of aliphatic hydroxyl groups is 1. The van der Waals surface area contributed by atoms with Crippen molar-refractivity contribution in [3.8, 4) is 11.5 Å². The number of aryl methyl sites for hydroxylation is 1.